The first kappa shape index (κ1) is 13.2. The second-order valence-electron chi connectivity index (χ2n) is 4.27. The van der Waals surface area contributed by atoms with Crippen molar-refractivity contribution in [1.29, 1.82) is 0 Å². The number of halogens is 3. The summed E-state index contributed by atoms with van der Waals surface area (Å²) in [6.45, 7) is 0. The van der Waals surface area contributed by atoms with Gasteiger partial charge in [0, 0.05) is 12.1 Å². The van der Waals surface area contributed by atoms with E-state index in [2.05, 4.69) is 5.16 Å². The Morgan fingerprint density at radius 3 is 2.53 bits per heavy atom. The number of benzene rings is 1. The fourth-order valence-corrected chi connectivity index (χ4v) is 1.71. The Morgan fingerprint density at radius 1 is 1.37 bits per heavy atom. The van der Waals surface area contributed by atoms with Crippen molar-refractivity contribution in [2.24, 2.45) is 16.3 Å². The molecule has 8 heteroatoms. The van der Waals surface area contributed by atoms with Gasteiger partial charge in [0.05, 0.1) is 5.69 Å². The standard InChI is InChI=1S/C11H10F3N3O2/c12-5-3-6(13)8(14)7(4-5)16-10(18)11(1-2-11)9(15)17-19/h3-4,19H,1-2H2,(H2,15,17)(H,16,18). The van der Waals surface area contributed by atoms with Gasteiger partial charge in [-0.1, -0.05) is 5.16 Å². The Balaban J connectivity index is 2.26. The van der Waals surface area contributed by atoms with Gasteiger partial charge in [-0.05, 0) is 12.8 Å². The van der Waals surface area contributed by atoms with Crippen molar-refractivity contribution in [2.75, 3.05) is 5.32 Å². The van der Waals surface area contributed by atoms with Crippen molar-refractivity contribution in [3.05, 3.63) is 29.6 Å². The van der Waals surface area contributed by atoms with Crippen LogP contribution >= 0.6 is 0 Å². The first-order valence-corrected chi connectivity index (χ1v) is 5.35. The van der Waals surface area contributed by atoms with Crippen LogP contribution < -0.4 is 11.1 Å². The summed E-state index contributed by atoms with van der Waals surface area (Å²) in [4.78, 5) is 11.9. The predicted octanol–water partition coefficient (Wildman–Crippen LogP) is 1.57. The summed E-state index contributed by atoms with van der Waals surface area (Å²) in [7, 11) is 0. The van der Waals surface area contributed by atoms with Crippen LogP contribution in [0.5, 0.6) is 0 Å². The number of amidine groups is 1. The highest BCUT2D eigenvalue weighted by Gasteiger charge is 2.54. The molecule has 1 aromatic carbocycles. The Labute approximate surface area is 105 Å². The van der Waals surface area contributed by atoms with Gasteiger partial charge in [0.15, 0.2) is 17.5 Å². The Kier molecular flexibility index (Phi) is 3.09. The first-order chi connectivity index (χ1) is 8.90. The third-order valence-corrected chi connectivity index (χ3v) is 3.02. The van der Waals surface area contributed by atoms with E-state index in [1.165, 1.54) is 0 Å². The summed E-state index contributed by atoms with van der Waals surface area (Å²) in [5.74, 6) is -4.90. The number of nitrogens with two attached hydrogens (primary N) is 1. The summed E-state index contributed by atoms with van der Waals surface area (Å²) < 4.78 is 39.3. The second-order valence-corrected chi connectivity index (χ2v) is 4.27. The number of hydrogen-bond donors (Lipinski definition) is 3. The number of amides is 1. The zero-order chi connectivity index (χ0) is 14.2. The lowest BCUT2D eigenvalue weighted by Crippen LogP contribution is -2.36. The molecule has 1 aromatic rings. The predicted molar refractivity (Wildman–Crippen MR) is 60.0 cm³/mol. The van der Waals surface area contributed by atoms with Crippen molar-refractivity contribution in [3.63, 3.8) is 0 Å². The minimum atomic E-state index is -1.41. The number of anilines is 1. The molecule has 0 aromatic heterocycles. The molecule has 4 N–H and O–H groups in total. The van der Waals surface area contributed by atoms with E-state index in [1.807, 2.05) is 5.32 Å². The fourth-order valence-electron chi connectivity index (χ4n) is 1.71. The molecule has 5 nitrogen and oxygen atoms in total. The van der Waals surface area contributed by atoms with E-state index in [9.17, 15) is 18.0 Å². The van der Waals surface area contributed by atoms with E-state index < -0.39 is 34.5 Å². The molecule has 1 saturated carbocycles. The van der Waals surface area contributed by atoms with Crippen molar-refractivity contribution in [3.8, 4) is 0 Å². The third kappa shape index (κ3) is 2.20. The van der Waals surface area contributed by atoms with Gasteiger partial charge in [-0.3, -0.25) is 4.79 Å². The quantitative estimate of drug-likeness (QED) is 0.257. The molecule has 102 valence electrons. The average molecular weight is 273 g/mol. The first-order valence-electron chi connectivity index (χ1n) is 5.35. The van der Waals surface area contributed by atoms with Gasteiger partial charge in [0.2, 0.25) is 5.91 Å². The lowest BCUT2D eigenvalue weighted by molar-refractivity contribution is -0.119. The zero-order valence-electron chi connectivity index (χ0n) is 9.58. The number of nitrogens with one attached hydrogen (secondary N) is 1. The molecular weight excluding hydrogens is 263 g/mol. The van der Waals surface area contributed by atoms with Gasteiger partial charge in [-0.2, -0.15) is 0 Å². The van der Waals surface area contributed by atoms with Crippen LogP contribution in [-0.4, -0.2) is 17.0 Å². The molecule has 0 heterocycles. The number of nitrogens with zero attached hydrogens (tertiary/aromatic N) is 1. The van der Waals surface area contributed by atoms with E-state index >= 15 is 0 Å². The van der Waals surface area contributed by atoms with Crippen molar-refractivity contribution in [2.45, 2.75) is 12.8 Å². The maximum Gasteiger partial charge on any atom is 0.238 e. The van der Waals surface area contributed by atoms with E-state index in [0.717, 1.165) is 0 Å². The second kappa shape index (κ2) is 4.45. The smallest absolute Gasteiger partial charge is 0.238 e. The van der Waals surface area contributed by atoms with E-state index in [4.69, 9.17) is 10.9 Å². The Morgan fingerprint density at radius 2 is 2.00 bits per heavy atom. The largest absolute Gasteiger partial charge is 0.409 e. The van der Waals surface area contributed by atoms with Gasteiger partial charge in [0.25, 0.3) is 0 Å². The molecule has 1 amide bonds. The molecule has 0 unspecified atom stereocenters. The van der Waals surface area contributed by atoms with Crippen molar-refractivity contribution < 1.29 is 23.2 Å². The van der Waals surface area contributed by atoms with Crippen LogP contribution in [0.15, 0.2) is 17.3 Å². The van der Waals surface area contributed by atoms with Crippen LogP contribution in [0.25, 0.3) is 0 Å². The molecule has 0 atom stereocenters. The van der Waals surface area contributed by atoms with Gasteiger partial charge in [-0.15, -0.1) is 0 Å². The number of oxime groups is 1. The molecule has 1 aliphatic carbocycles. The monoisotopic (exact) mass is 273 g/mol. The summed E-state index contributed by atoms with van der Waals surface area (Å²) in [5.41, 5.74) is 3.51. The number of carbonyl (C=O) groups excluding carboxylic acids is 1. The molecule has 1 aliphatic rings. The van der Waals surface area contributed by atoms with Gasteiger partial charge in [0.1, 0.15) is 11.2 Å². The summed E-state index contributed by atoms with van der Waals surface area (Å²) in [6, 6.07) is 1.01. The molecule has 0 spiro atoms. The number of rotatable bonds is 3. The van der Waals surface area contributed by atoms with E-state index in [-0.39, 0.29) is 5.84 Å². The number of hydrogen-bond acceptors (Lipinski definition) is 3. The van der Waals surface area contributed by atoms with Crippen molar-refractivity contribution in [1.82, 2.24) is 0 Å². The maximum absolute atomic E-state index is 13.4. The summed E-state index contributed by atoms with van der Waals surface area (Å²) in [6.07, 6.45) is 0.627. The lowest BCUT2D eigenvalue weighted by Gasteiger charge is -2.14. The minimum absolute atomic E-state index is 0.314. The van der Waals surface area contributed by atoms with Crippen LogP contribution in [0, 0.1) is 22.9 Å². The normalized spacial score (nSPS) is 17.1. The summed E-state index contributed by atoms with van der Waals surface area (Å²) >= 11 is 0. The molecule has 1 fully saturated rings. The zero-order valence-corrected chi connectivity index (χ0v) is 9.58. The maximum atomic E-state index is 13.4. The van der Waals surface area contributed by atoms with Gasteiger partial charge < -0.3 is 16.3 Å². The summed E-state index contributed by atoms with van der Waals surface area (Å²) in [5, 5.41) is 13.3. The Hall–Kier alpha value is -2.25. The highest BCUT2D eigenvalue weighted by Crippen LogP contribution is 2.46. The molecule has 2 rings (SSSR count). The van der Waals surface area contributed by atoms with Crippen LogP contribution in [0.1, 0.15) is 12.8 Å². The van der Waals surface area contributed by atoms with Crippen molar-refractivity contribution >= 4 is 17.4 Å². The van der Waals surface area contributed by atoms with E-state index in [0.29, 0.717) is 25.0 Å². The number of carbonyl (C=O) groups is 1. The van der Waals surface area contributed by atoms with Gasteiger partial charge >= 0.3 is 0 Å². The van der Waals surface area contributed by atoms with E-state index in [1.54, 1.807) is 0 Å². The average Bonchev–Trinajstić information content (AvgIpc) is 3.15. The van der Waals surface area contributed by atoms with Crippen LogP contribution in [0.4, 0.5) is 18.9 Å². The molecular formula is C11H10F3N3O2. The lowest BCUT2D eigenvalue weighted by atomic mass is 10.1. The highest BCUT2D eigenvalue weighted by molar-refractivity contribution is 6.14. The molecule has 0 bridgehead atoms. The van der Waals surface area contributed by atoms with Crippen LogP contribution in [-0.2, 0) is 4.79 Å². The van der Waals surface area contributed by atoms with Gasteiger partial charge in [-0.25, -0.2) is 13.2 Å². The van der Waals surface area contributed by atoms with Crippen LogP contribution in [0.3, 0.4) is 0 Å². The molecule has 0 radical (unpaired) electrons. The fraction of sp³-hybridized carbons (Fsp3) is 0.273. The van der Waals surface area contributed by atoms with Crippen LogP contribution in [0.2, 0.25) is 0 Å². The molecule has 0 saturated heterocycles. The Bertz CT molecular complexity index is 571. The third-order valence-electron chi connectivity index (χ3n) is 3.02. The SMILES string of the molecule is N/C(=N/O)C1(C(=O)Nc2cc(F)cc(F)c2F)CC1. The highest BCUT2D eigenvalue weighted by atomic mass is 19.2. The minimum Gasteiger partial charge on any atom is -0.409 e. The topological polar surface area (TPSA) is 87.7 Å². The molecule has 19 heavy (non-hydrogen) atoms. The molecule has 0 aliphatic heterocycles.